The average molecular weight is 326 g/mol. The van der Waals surface area contributed by atoms with Crippen molar-refractivity contribution in [2.75, 3.05) is 31.6 Å². The van der Waals surface area contributed by atoms with Crippen LogP contribution in [0.5, 0.6) is 0 Å². The van der Waals surface area contributed by atoms with Gasteiger partial charge in [-0.2, -0.15) is 0 Å². The van der Waals surface area contributed by atoms with Gasteiger partial charge >= 0.3 is 0 Å². The number of fused-ring (bicyclic) bond motifs is 1. The molecule has 0 atom stereocenters. The highest BCUT2D eigenvalue weighted by Gasteiger charge is 2.17. The molecule has 2 aromatic rings. The highest BCUT2D eigenvalue weighted by molar-refractivity contribution is 5.54. The van der Waals surface area contributed by atoms with E-state index in [4.69, 9.17) is 4.74 Å². The largest absolute Gasteiger partial charge is 0.379 e. The lowest BCUT2D eigenvalue weighted by Crippen LogP contribution is -2.35. The summed E-state index contributed by atoms with van der Waals surface area (Å²) in [6.07, 6.45) is 2.76. The molecule has 4 rings (SSSR count). The van der Waals surface area contributed by atoms with Crippen molar-refractivity contribution < 1.29 is 4.74 Å². The van der Waals surface area contributed by atoms with Crippen molar-refractivity contribution in [1.29, 1.82) is 0 Å². The van der Waals surface area contributed by atoms with E-state index < -0.39 is 0 Å². The van der Waals surface area contributed by atoms with E-state index >= 15 is 0 Å². The van der Waals surface area contributed by atoms with Gasteiger partial charge in [-0.15, -0.1) is 0 Å². The third-order valence-corrected chi connectivity index (χ3v) is 4.67. The average Bonchev–Trinajstić information content (AvgIpc) is 3.07. The van der Waals surface area contributed by atoms with Crippen molar-refractivity contribution in [3.8, 4) is 0 Å². The van der Waals surface area contributed by atoms with Gasteiger partial charge in [-0.3, -0.25) is 14.7 Å². The van der Waals surface area contributed by atoms with Crippen LogP contribution in [-0.4, -0.2) is 41.2 Å². The molecule has 6 nitrogen and oxygen atoms in total. The number of aromatic nitrogens is 2. The lowest BCUT2D eigenvalue weighted by Gasteiger charge is -2.26. The van der Waals surface area contributed by atoms with Crippen molar-refractivity contribution in [3.05, 3.63) is 51.4 Å². The number of rotatable bonds is 4. The Morgan fingerprint density at radius 2 is 1.96 bits per heavy atom. The zero-order chi connectivity index (χ0) is 16.4. The molecule has 1 aliphatic carbocycles. The predicted molar refractivity (Wildman–Crippen MR) is 92.7 cm³/mol. The molecule has 0 unspecified atom stereocenters. The Labute approximate surface area is 140 Å². The number of hydrogen-bond acceptors (Lipinski definition) is 5. The quantitative estimate of drug-likeness (QED) is 0.897. The van der Waals surface area contributed by atoms with Crippen LogP contribution >= 0.6 is 0 Å². The zero-order valence-electron chi connectivity index (χ0n) is 13.7. The first-order valence-electron chi connectivity index (χ1n) is 8.56. The fourth-order valence-electron chi connectivity index (χ4n) is 3.35. The molecule has 0 saturated carbocycles. The second kappa shape index (κ2) is 6.75. The molecule has 0 spiro atoms. The molecule has 6 heteroatoms. The van der Waals surface area contributed by atoms with Crippen LogP contribution in [0.2, 0.25) is 0 Å². The summed E-state index contributed by atoms with van der Waals surface area (Å²) in [5, 5.41) is 3.21. The molecule has 1 aromatic heterocycles. The van der Waals surface area contributed by atoms with E-state index in [0.717, 1.165) is 69.1 Å². The van der Waals surface area contributed by atoms with E-state index in [1.54, 1.807) is 0 Å². The summed E-state index contributed by atoms with van der Waals surface area (Å²) in [7, 11) is 0. The van der Waals surface area contributed by atoms with Crippen LogP contribution in [-0.2, 0) is 24.1 Å². The zero-order valence-corrected chi connectivity index (χ0v) is 13.7. The van der Waals surface area contributed by atoms with E-state index in [2.05, 4.69) is 32.3 Å². The predicted octanol–water partition coefficient (Wildman–Crippen LogP) is 1.83. The molecular formula is C18H22N4O2. The van der Waals surface area contributed by atoms with Crippen LogP contribution < -0.4 is 10.9 Å². The van der Waals surface area contributed by atoms with Crippen molar-refractivity contribution in [1.82, 2.24) is 14.9 Å². The normalized spacial score (nSPS) is 17.7. The smallest absolute Gasteiger partial charge is 0.255 e. The minimum Gasteiger partial charge on any atom is -0.379 e. The third kappa shape index (κ3) is 3.34. The molecular weight excluding hydrogens is 304 g/mol. The second-order valence-electron chi connectivity index (χ2n) is 6.40. The van der Waals surface area contributed by atoms with Gasteiger partial charge in [-0.1, -0.05) is 12.1 Å². The Balaban J connectivity index is 1.44. The molecule has 1 aliphatic heterocycles. The van der Waals surface area contributed by atoms with Crippen LogP contribution in [0.4, 0.5) is 11.6 Å². The molecule has 1 aromatic carbocycles. The maximum absolute atomic E-state index is 12.0. The fourth-order valence-corrected chi connectivity index (χ4v) is 3.35. The minimum absolute atomic E-state index is 0.0102. The summed E-state index contributed by atoms with van der Waals surface area (Å²) in [6.45, 7) is 4.55. The van der Waals surface area contributed by atoms with Crippen molar-refractivity contribution >= 4 is 11.6 Å². The molecule has 2 heterocycles. The molecule has 1 fully saturated rings. The third-order valence-electron chi connectivity index (χ3n) is 4.67. The number of morpholine rings is 1. The van der Waals surface area contributed by atoms with Gasteiger partial charge in [0, 0.05) is 30.9 Å². The second-order valence-corrected chi connectivity index (χ2v) is 6.40. The van der Waals surface area contributed by atoms with E-state index in [1.165, 1.54) is 5.56 Å². The SMILES string of the molecule is O=c1[nH]c(Nc2ccc(CN3CCOCC3)cc2)nc2c1CCC2. The Morgan fingerprint density at radius 1 is 1.17 bits per heavy atom. The van der Waals surface area contributed by atoms with Crippen LogP contribution in [0.15, 0.2) is 29.1 Å². The van der Waals surface area contributed by atoms with E-state index in [-0.39, 0.29) is 5.56 Å². The summed E-state index contributed by atoms with van der Waals surface area (Å²) < 4.78 is 5.38. The maximum Gasteiger partial charge on any atom is 0.255 e. The maximum atomic E-state index is 12.0. The monoisotopic (exact) mass is 326 g/mol. The highest BCUT2D eigenvalue weighted by atomic mass is 16.5. The molecule has 0 radical (unpaired) electrons. The number of ether oxygens (including phenoxy) is 1. The fraction of sp³-hybridized carbons (Fsp3) is 0.444. The van der Waals surface area contributed by atoms with Gasteiger partial charge in [-0.05, 0) is 37.0 Å². The summed E-state index contributed by atoms with van der Waals surface area (Å²) in [4.78, 5) is 21.8. The van der Waals surface area contributed by atoms with Gasteiger partial charge in [0.1, 0.15) is 0 Å². The lowest BCUT2D eigenvalue weighted by molar-refractivity contribution is 0.0342. The van der Waals surface area contributed by atoms with E-state index in [9.17, 15) is 4.79 Å². The number of aromatic amines is 1. The summed E-state index contributed by atoms with van der Waals surface area (Å²) in [6, 6.07) is 8.29. The number of benzene rings is 1. The molecule has 0 bridgehead atoms. The number of hydrogen-bond donors (Lipinski definition) is 2. The van der Waals surface area contributed by atoms with E-state index in [0.29, 0.717) is 5.95 Å². The van der Waals surface area contributed by atoms with Gasteiger partial charge in [0.2, 0.25) is 5.95 Å². The van der Waals surface area contributed by atoms with Crippen molar-refractivity contribution in [3.63, 3.8) is 0 Å². The number of anilines is 2. The van der Waals surface area contributed by atoms with Crippen molar-refractivity contribution in [2.45, 2.75) is 25.8 Å². The van der Waals surface area contributed by atoms with Crippen LogP contribution in [0.3, 0.4) is 0 Å². The highest BCUT2D eigenvalue weighted by Crippen LogP contribution is 2.19. The molecule has 2 aliphatic rings. The Kier molecular flexibility index (Phi) is 4.32. The number of aryl methyl sites for hydroxylation is 1. The first-order chi connectivity index (χ1) is 11.8. The van der Waals surface area contributed by atoms with Crippen molar-refractivity contribution in [2.24, 2.45) is 0 Å². The molecule has 24 heavy (non-hydrogen) atoms. The summed E-state index contributed by atoms with van der Waals surface area (Å²) >= 11 is 0. The van der Waals surface area contributed by atoms with Crippen LogP contribution in [0, 0.1) is 0 Å². The summed E-state index contributed by atoms with van der Waals surface area (Å²) in [5.41, 5.74) is 3.98. The topological polar surface area (TPSA) is 70.2 Å². The van der Waals surface area contributed by atoms with E-state index in [1.807, 2.05) is 12.1 Å². The lowest BCUT2D eigenvalue weighted by atomic mass is 10.2. The molecule has 126 valence electrons. The van der Waals surface area contributed by atoms with Gasteiger partial charge < -0.3 is 10.1 Å². The number of nitrogens with one attached hydrogen (secondary N) is 2. The first kappa shape index (κ1) is 15.4. The molecule has 0 amide bonds. The van der Waals surface area contributed by atoms with Gasteiger partial charge in [0.25, 0.3) is 5.56 Å². The van der Waals surface area contributed by atoms with Crippen LogP contribution in [0.1, 0.15) is 23.2 Å². The number of nitrogens with zero attached hydrogens (tertiary/aromatic N) is 2. The Hall–Kier alpha value is -2.18. The van der Waals surface area contributed by atoms with Crippen LogP contribution in [0.25, 0.3) is 0 Å². The first-order valence-corrected chi connectivity index (χ1v) is 8.56. The summed E-state index contributed by atoms with van der Waals surface area (Å²) in [5.74, 6) is 0.529. The Bertz CT molecular complexity index is 764. The van der Waals surface area contributed by atoms with Gasteiger partial charge in [-0.25, -0.2) is 4.98 Å². The Morgan fingerprint density at radius 3 is 2.75 bits per heavy atom. The molecule has 2 N–H and O–H groups in total. The van der Waals surface area contributed by atoms with Gasteiger partial charge in [0.15, 0.2) is 0 Å². The standard InChI is InChI=1S/C18H22N4O2/c23-17-15-2-1-3-16(15)20-18(21-17)19-14-6-4-13(5-7-14)12-22-8-10-24-11-9-22/h4-7H,1-3,8-12H2,(H2,19,20,21,23). The molecule has 1 saturated heterocycles. The minimum atomic E-state index is -0.0102. The number of H-pyrrole nitrogens is 1. The van der Waals surface area contributed by atoms with Gasteiger partial charge in [0.05, 0.1) is 18.9 Å².